The fourth-order valence-corrected chi connectivity index (χ4v) is 1.55. The average Bonchev–Trinajstić information content (AvgIpc) is 2.19. The molecule has 1 rings (SSSR count). The van der Waals surface area contributed by atoms with Gasteiger partial charge in [-0.2, -0.15) is 0 Å². The Morgan fingerprint density at radius 1 is 1.53 bits per heavy atom. The van der Waals surface area contributed by atoms with Crippen molar-refractivity contribution in [1.29, 1.82) is 0 Å². The van der Waals surface area contributed by atoms with E-state index >= 15 is 0 Å². The first-order valence-electron chi connectivity index (χ1n) is 5.02. The van der Waals surface area contributed by atoms with Gasteiger partial charge < -0.3 is 15.4 Å². The van der Waals surface area contributed by atoms with Crippen molar-refractivity contribution in [1.82, 2.24) is 9.97 Å². The molecule has 5 heteroatoms. The highest BCUT2D eigenvalue weighted by atomic mass is 16.5. The molecular formula is C10H18N4O. The van der Waals surface area contributed by atoms with Gasteiger partial charge in [-0.3, -0.25) is 0 Å². The number of nitrogen functional groups attached to an aromatic ring is 1. The highest BCUT2D eigenvalue weighted by Crippen LogP contribution is 2.14. The van der Waals surface area contributed by atoms with Gasteiger partial charge in [0.25, 0.3) is 0 Å². The van der Waals surface area contributed by atoms with Crippen LogP contribution < -0.4 is 10.6 Å². The smallest absolute Gasteiger partial charge is 0.134 e. The predicted octanol–water partition coefficient (Wildman–Crippen LogP) is 0.920. The van der Waals surface area contributed by atoms with Crippen LogP contribution in [0.25, 0.3) is 0 Å². The monoisotopic (exact) mass is 210 g/mol. The lowest BCUT2D eigenvalue weighted by atomic mass is 10.3. The number of anilines is 2. The molecule has 84 valence electrons. The maximum Gasteiger partial charge on any atom is 0.134 e. The third-order valence-electron chi connectivity index (χ3n) is 2.25. The number of methoxy groups -OCH3 is 1. The van der Waals surface area contributed by atoms with Crippen LogP contribution in [0.15, 0.2) is 12.4 Å². The Morgan fingerprint density at radius 3 is 2.80 bits per heavy atom. The molecule has 0 radical (unpaired) electrons. The summed E-state index contributed by atoms with van der Waals surface area (Å²) in [6, 6.07) is 2.05. The van der Waals surface area contributed by atoms with Crippen LogP contribution in [0.2, 0.25) is 0 Å². The van der Waals surface area contributed by atoms with Crippen LogP contribution in [0, 0.1) is 0 Å². The highest BCUT2D eigenvalue weighted by molar-refractivity contribution is 5.46. The normalized spacial score (nSPS) is 12.5. The lowest BCUT2D eigenvalue weighted by Gasteiger charge is -2.28. The topological polar surface area (TPSA) is 64.3 Å². The van der Waals surface area contributed by atoms with Gasteiger partial charge in [0.05, 0.1) is 12.6 Å². The van der Waals surface area contributed by atoms with Gasteiger partial charge in [0, 0.05) is 19.7 Å². The van der Waals surface area contributed by atoms with Gasteiger partial charge in [-0.05, 0) is 13.8 Å². The van der Waals surface area contributed by atoms with E-state index in [-0.39, 0.29) is 6.04 Å². The molecule has 15 heavy (non-hydrogen) atoms. The van der Waals surface area contributed by atoms with E-state index in [1.807, 2.05) is 0 Å². The molecule has 0 aliphatic rings. The van der Waals surface area contributed by atoms with Gasteiger partial charge in [0.2, 0.25) is 0 Å². The standard InChI is InChI=1S/C10H18N4O/c1-4-14(8(2)6-15-3)10-5-9(11)12-7-13-10/h5,7-8H,4,6H2,1-3H3,(H2,11,12,13). The molecule has 0 aliphatic carbocycles. The molecule has 0 saturated carbocycles. The third kappa shape index (κ3) is 3.06. The van der Waals surface area contributed by atoms with Crippen molar-refractivity contribution in [2.24, 2.45) is 0 Å². The molecule has 5 nitrogen and oxygen atoms in total. The second kappa shape index (κ2) is 5.50. The molecule has 0 saturated heterocycles. The number of nitrogens with two attached hydrogens (primary N) is 1. The number of hydrogen-bond donors (Lipinski definition) is 1. The zero-order chi connectivity index (χ0) is 11.3. The fraction of sp³-hybridized carbons (Fsp3) is 0.600. The Bertz CT molecular complexity index is 305. The summed E-state index contributed by atoms with van der Waals surface area (Å²) in [4.78, 5) is 10.2. The molecule has 0 bridgehead atoms. The molecule has 0 aromatic carbocycles. The largest absolute Gasteiger partial charge is 0.384 e. The summed E-state index contributed by atoms with van der Waals surface area (Å²) < 4.78 is 5.12. The van der Waals surface area contributed by atoms with Crippen LogP contribution in [0.3, 0.4) is 0 Å². The van der Waals surface area contributed by atoms with Crippen molar-refractivity contribution < 1.29 is 4.74 Å². The van der Waals surface area contributed by atoms with E-state index in [9.17, 15) is 0 Å². The van der Waals surface area contributed by atoms with Crippen molar-refractivity contribution >= 4 is 11.6 Å². The second-order valence-electron chi connectivity index (χ2n) is 3.39. The Hall–Kier alpha value is -1.36. The van der Waals surface area contributed by atoms with Crippen LogP contribution in [-0.2, 0) is 4.74 Å². The minimum atomic E-state index is 0.272. The van der Waals surface area contributed by atoms with E-state index in [2.05, 4.69) is 28.7 Å². The summed E-state index contributed by atoms with van der Waals surface area (Å²) in [6.07, 6.45) is 1.48. The van der Waals surface area contributed by atoms with Crippen molar-refractivity contribution in [2.75, 3.05) is 30.9 Å². The molecular weight excluding hydrogens is 192 g/mol. The van der Waals surface area contributed by atoms with Crippen LogP contribution in [-0.4, -0.2) is 36.3 Å². The lowest BCUT2D eigenvalue weighted by molar-refractivity contribution is 0.181. The summed E-state index contributed by atoms with van der Waals surface area (Å²) >= 11 is 0. The molecule has 0 fully saturated rings. The van der Waals surface area contributed by atoms with E-state index in [1.165, 1.54) is 6.33 Å². The molecule has 1 unspecified atom stereocenters. The summed E-state index contributed by atoms with van der Waals surface area (Å²) in [7, 11) is 1.69. The first kappa shape index (κ1) is 11.7. The number of rotatable bonds is 5. The van der Waals surface area contributed by atoms with Gasteiger partial charge in [-0.1, -0.05) is 0 Å². The summed E-state index contributed by atoms with van der Waals surface area (Å²) in [5, 5.41) is 0. The molecule has 0 spiro atoms. The maximum absolute atomic E-state index is 5.62. The minimum Gasteiger partial charge on any atom is -0.384 e. The first-order chi connectivity index (χ1) is 7.19. The van der Waals surface area contributed by atoms with E-state index in [1.54, 1.807) is 13.2 Å². The van der Waals surface area contributed by atoms with Gasteiger partial charge in [0.15, 0.2) is 0 Å². The van der Waals surface area contributed by atoms with E-state index in [0.29, 0.717) is 12.4 Å². The molecule has 1 aromatic rings. The zero-order valence-corrected chi connectivity index (χ0v) is 9.47. The number of hydrogen-bond acceptors (Lipinski definition) is 5. The maximum atomic E-state index is 5.62. The van der Waals surface area contributed by atoms with Crippen molar-refractivity contribution in [3.63, 3.8) is 0 Å². The zero-order valence-electron chi connectivity index (χ0n) is 9.47. The molecule has 0 amide bonds. The molecule has 1 aromatic heterocycles. The molecule has 1 atom stereocenters. The summed E-state index contributed by atoms with van der Waals surface area (Å²) in [6.45, 7) is 5.69. The van der Waals surface area contributed by atoms with Crippen LogP contribution in [0.5, 0.6) is 0 Å². The van der Waals surface area contributed by atoms with Crippen molar-refractivity contribution in [2.45, 2.75) is 19.9 Å². The van der Waals surface area contributed by atoms with Crippen molar-refractivity contribution in [3.8, 4) is 0 Å². The Morgan fingerprint density at radius 2 is 2.27 bits per heavy atom. The Kier molecular flexibility index (Phi) is 4.30. The number of aromatic nitrogens is 2. The fourth-order valence-electron chi connectivity index (χ4n) is 1.55. The first-order valence-corrected chi connectivity index (χ1v) is 5.02. The minimum absolute atomic E-state index is 0.272. The predicted molar refractivity (Wildman–Crippen MR) is 60.8 cm³/mol. The Balaban J connectivity index is 2.82. The second-order valence-corrected chi connectivity index (χ2v) is 3.39. The molecule has 2 N–H and O–H groups in total. The number of ether oxygens (including phenoxy) is 1. The van der Waals surface area contributed by atoms with Crippen LogP contribution in [0.1, 0.15) is 13.8 Å². The average molecular weight is 210 g/mol. The van der Waals surface area contributed by atoms with Gasteiger partial charge >= 0.3 is 0 Å². The van der Waals surface area contributed by atoms with Crippen LogP contribution in [0.4, 0.5) is 11.6 Å². The van der Waals surface area contributed by atoms with Gasteiger partial charge in [-0.15, -0.1) is 0 Å². The summed E-state index contributed by atoms with van der Waals surface area (Å²) in [5.41, 5.74) is 5.62. The van der Waals surface area contributed by atoms with E-state index in [0.717, 1.165) is 12.4 Å². The quantitative estimate of drug-likeness (QED) is 0.783. The van der Waals surface area contributed by atoms with E-state index < -0.39 is 0 Å². The van der Waals surface area contributed by atoms with Gasteiger partial charge in [0.1, 0.15) is 18.0 Å². The Labute approximate surface area is 90.3 Å². The van der Waals surface area contributed by atoms with Crippen LogP contribution >= 0.6 is 0 Å². The van der Waals surface area contributed by atoms with Crippen molar-refractivity contribution in [3.05, 3.63) is 12.4 Å². The summed E-state index contributed by atoms with van der Waals surface area (Å²) in [5.74, 6) is 1.33. The highest BCUT2D eigenvalue weighted by Gasteiger charge is 2.13. The van der Waals surface area contributed by atoms with E-state index in [4.69, 9.17) is 10.5 Å². The third-order valence-corrected chi connectivity index (χ3v) is 2.25. The molecule has 0 aliphatic heterocycles. The SMILES string of the molecule is CCN(c1cc(N)ncn1)C(C)COC. The van der Waals surface area contributed by atoms with Gasteiger partial charge in [-0.25, -0.2) is 9.97 Å². The number of likely N-dealkylation sites (N-methyl/N-ethyl adjacent to an activating group) is 1. The molecule has 1 heterocycles. The number of nitrogens with zero attached hydrogens (tertiary/aromatic N) is 3. The lowest BCUT2D eigenvalue weighted by Crippen LogP contribution is -2.36.